The second kappa shape index (κ2) is 5.53. The highest BCUT2D eigenvalue weighted by molar-refractivity contribution is 5.58. The van der Waals surface area contributed by atoms with Crippen LogP contribution < -0.4 is 5.32 Å². The maximum absolute atomic E-state index is 13.2. The van der Waals surface area contributed by atoms with Gasteiger partial charge in [-0.15, -0.1) is 0 Å². The van der Waals surface area contributed by atoms with Crippen LogP contribution in [0.3, 0.4) is 0 Å². The van der Waals surface area contributed by atoms with E-state index in [0.717, 1.165) is 23.6 Å². The summed E-state index contributed by atoms with van der Waals surface area (Å²) in [5.41, 5.74) is 1.70. The Morgan fingerprint density at radius 3 is 2.95 bits per heavy atom. The lowest BCUT2D eigenvalue weighted by atomic mass is 10.2. The average Bonchev–Trinajstić information content (AvgIpc) is 3.08. The molecule has 1 aliphatic carbocycles. The van der Waals surface area contributed by atoms with Crippen LogP contribution in [0.4, 0.5) is 4.39 Å². The molecule has 0 unspecified atom stereocenters. The van der Waals surface area contributed by atoms with Crippen LogP contribution >= 0.6 is 0 Å². The van der Waals surface area contributed by atoms with Crippen LogP contribution in [0.1, 0.15) is 31.5 Å². The van der Waals surface area contributed by atoms with Crippen molar-refractivity contribution in [1.29, 1.82) is 0 Å². The lowest BCUT2D eigenvalue weighted by molar-refractivity contribution is 0.515. The summed E-state index contributed by atoms with van der Waals surface area (Å²) in [6, 6.07) is 7.18. The molecule has 19 heavy (non-hydrogen) atoms. The Morgan fingerprint density at radius 2 is 2.16 bits per heavy atom. The van der Waals surface area contributed by atoms with E-state index in [9.17, 15) is 4.39 Å². The van der Waals surface area contributed by atoms with Gasteiger partial charge in [-0.2, -0.15) is 0 Å². The van der Waals surface area contributed by atoms with Gasteiger partial charge < -0.3 is 10.3 Å². The molecule has 100 valence electrons. The first kappa shape index (κ1) is 12.4. The van der Waals surface area contributed by atoms with Crippen molar-refractivity contribution in [2.75, 3.05) is 0 Å². The Labute approximate surface area is 112 Å². The predicted molar refractivity (Wildman–Crippen MR) is 73.1 cm³/mol. The van der Waals surface area contributed by atoms with Gasteiger partial charge in [-0.3, -0.25) is 0 Å². The third kappa shape index (κ3) is 3.01. The number of hydrogen-bond acceptors (Lipinski definition) is 2. The van der Waals surface area contributed by atoms with E-state index in [1.807, 2.05) is 6.07 Å². The van der Waals surface area contributed by atoms with Crippen molar-refractivity contribution < 1.29 is 4.39 Å². The molecule has 3 nitrogen and oxygen atoms in total. The van der Waals surface area contributed by atoms with Gasteiger partial charge in [0.2, 0.25) is 0 Å². The van der Waals surface area contributed by atoms with Gasteiger partial charge in [0, 0.05) is 11.6 Å². The first-order chi connectivity index (χ1) is 9.31. The molecule has 0 atom stereocenters. The Kier molecular flexibility index (Phi) is 3.60. The summed E-state index contributed by atoms with van der Waals surface area (Å²) >= 11 is 0. The summed E-state index contributed by atoms with van der Waals surface area (Å²) in [6.07, 6.45) is 6.93. The van der Waals surface area contributed by atoms with Gasteiger partial charge in [-0.05, 0) is 25.0 Å². The number of aromatic amines is 1. The molecule has 2 aromatic rings. The lowest BCUT2D eigenvalue weighted by Gasteiger charge is -2.09. The minimum atomic E-state index is -0.224. The quantitative estimate of drug-likeness (QED) is 0.885. The first-order valence-electron chi connectivity index (χ1n) is 6.84. The molecule has 0 bridgehead atoms. The van der Waals surface area contributed by atoms with E-state index >= 15 is 0 Å². The number of halogens is 1. The molecular formula is C15H18FN3. The summed E-state index contributed by atoms with van der Waals surface area (Å²) < 4.78 is 13.2. The van der Waals surface area contributed by atoms with Crippen LogP contribution in [0.2, 0.25) is 0 Å². The SMILES string of the molecule is Fc1cccc(-c2cnc(CNC3CCCC3)[nH]2)c1. The summed E-state index contributed by atoms with van der Waals surface area (Å²) in [6.45, 7) is 0.750. The minimum absolute atomic E-state index is 0.224. The second-order valence-electron chi connectivity index (χ2n) is 5.12. The van der Waals surface area contributed by atoms with E-state index < -0.39 is 0 Å². The number of H-pyrrole nitrogens is 1. The number of rotatable bonds is 4. The number of hydrogen-bond donors (Lipinski definition) is 2. The van der Waals surface area contributed by atoms with E-state index in [4.69, 9.17) is 0 Å². The van der Waals surface area contributed by atoms with E-state index in [1.165, 1.54) is 37.8 Å². The van der Waals surface area contributed by atoms with Gasteiger partial charge >= 0.3 is 0 Å². The molecule has 2 N–H and O–H groups in total. The Hall–Kier alpha value is -1.68. The fourth-order valence-electron chi connectivity index (χ4n) is 2.63. The maximum Gasteiger partial charge on any atom is 0.123 e. The van der Waals surface area contributed by atoms with E-state index in [-0.39, 0.29) is 5.82 Å². The molecule has 0 amide bonds. The number of imidazole rings is 1. The maximum atomic E-state index is 13.2. The van der Waals surface area contributed by atoms with Gasteiger partial charge in [-0.1, -0.05) is 25.0 Å². The zero-order chi connectivity index (χ0) is 13.1. The highest BCUT2D eigenvalue weighted by Crippen LogP contribution is 2.19. The second-order valence-corrected chi connectivity index (χ2v) is 5.12. The molecule has 4 heteroatoms. The summed E-state index contributed by atoms with van der Waals surface area (Å²) in [4.78, 5) is 7.58. The Bertz CT molecular complexity index is 544. The summed E-state index contributed by atoms with van der Waals surface area (Å²) in [7, 11) is 0. The number of benzene rings is 1. The predicted octanol–water partition coefficient (Wildman–Crippen LogP) is 3.25. The third-order valence-corrected chi connectivity index (χ3v) is 3.68. The van der Waals surface area contributed by atoms with Crippen molar-refractivity contribution in [2.45, 2.75) is 38.3 Å². The topological polar surface area (TPSA) is 40.7 Å². The molecule has 0 radical (unpaired) electrons. The molecular weight excluding hydrogens is 241 g/mol. The van der Waals surface area contributed by atoms with Crippen molar-refractivity contribution in [3.05, 3.63) is 42.1 Å². The van der Waals surface area contributed by atoms with Gasteiger partial charge in [0.1, 0.15) is 11.6 Å². The fourth-order valence-corrected chi connectivity index (χ4v) is 2.63. The molecule has 3 rings (SSSR count). The first-order valence-corrected chi connectivity index (χ1v) is 6.84. The molecule has 1 aromatic carbocycles. The standard InChI is InChI=1S/C15H18FN3/c16-12-5-3-4-11(8-12)14-9-18-15(19-14)10-17-13-6-1-2-7-13/h3-5,8-9,13,17H,1-2,6-7,10H2,(H,18,19). The van der Waals surface area contributed by atoms with Crippen molar-refractivity contribution >= 4 is 0 Å². The zero-order valence-corrected chi connectivity index (χ0v) is 10.8. The van der Waals surface area contributed by atoms with Crippen LogP contribution in [0.5, 0.6) is 0 Å². The molecule has 1 aliphatic rings. The van der Waals surface area contributed by atoms with Gasteiger partial charge in [0.05, 0.1) is 18.4 Å². The average molecular weight is 259 g/mol. The normalized spacial score (nSPS) is 16.1. The van der Waals surface area contributed by atoms with Crippen molar-refractivity contribution in [1.82, 2.24) is 15.3 Å². The van der Waals surface area contributed by atoms with Crippen LogP contribution in [0.25, 0.3) is 11.3 Å². The highest BCUT2D eigenvalue weighted by atomic mass is 19.1. The molecule has 0 saturated heterocycles. The number of nitrogens with zero attached hydrogens (tertiary/aromatic N) is 1. The monoisotopic (exact) mass is 259 g/mol. The van der Waals surface area contributed by atoms with E-state index in [2.05, 4.69) is 15.3 Å². The van der Waals surface area contributed by atoms with Crippen LogP contribution in [-0.4, -0.2) is 16.0 Å². The van der Waals surface area contributed by atoms with Crippen LogP contribution in [0.15, 0.2) is 30.5 Å². The van der Waals surface area contributed by atoms with E-state index in [0.29, 0.717) is 6.04 Å². The largest absolute Gasteiger partial charge is 0.341 e. The third-order valence-electron chi connectivity index (χ3n) is 3.68. The van der Waals surface area contributed by atoms with E-state index in [1.54, 1.807) is 12.3 Å². The highest BCUT2D eigenvalue weighted by Gasteiger charge is 2.14. The van der Waals surface area contributed by atoms with Crippen molar-refractivity contribution in [3.63, 3.8) is 0 Å². The molecule has 1 fully saturated rings. The fraction of sp³-hybridized carbons (Fsp3) is 0.400. The Balaban J connectivity index is 1.65. The zero-order valence-electron chi connectivity index (χ0n) is 10.8. The number of aromatic nitrogens is 2. The van der Waals surface area contributed by atoms with Crippen molar-refractivity contribution in [3.8, 4) is 11.3 Å². The molecule has 1 saturated carbocycles. The summed E-state index contributed by atoms with van der Waals surface area (Å²) in [5, 5.41) is 3.51. The van der Waals surface area contributed by atoms with Crippen LogP contribution in [0, 0.1) is 5.82 Å². The smallest absolute Gasteiger partial charge is 0.123 e. The molecule has 0 aliphatic heterocycles. The summed E-state index contributed by atoms with van der Waals surface area (Å²) in [5.74, 6) is 0.684. The van der Waals surface area contributed by atoms with Gasteiger partial charge in [0.25, 0.3) is 0 Å². The van der Waals surface area contributed by atoms with Gasteiger partial charge in [-0.25, -0.2) is 9.37 Å². The number of nitrogens with one attached hydrogen (secondary N) is 2. The Morgan fingerprint density at radius 1 is 1.32 bits per heavy atom. The molecule has 0 spiro atoms. The van der Waals surface area contributed by atoms with Gasteiger partial charge in [0.15, 0.2) is 0 Å². The van der Waals surface area contributed by atoms with Crippen LogP contribution in [-0.2, 0) is 6.54 Å². The van der Waals surface area contributed by atoms with Crippen molar-refractivity contribution in [2.24, 2.45) is 0 Å². The molecule has 1 heterocycles. The minimum Gasteiger partial charge on any atom is -0.341 e. The lowest BCUT2D eigenvalue weighted by Crippen LogP contribution is -2.25. The molecule has 1 aromatic heterocycles.